The second-order valence-electron chi connectivity index (χ2n) is 10.7. The molecule has 4 aromatic rings. The Bertz CT molecular complexity index is 1450. The molecule has 198 valence electrons. The first-order valence-corrected chi connectivity index (χ1v) is 14.4. The number of carbonyl (C=O) groups is 1. The number of fused-ring (bicyclic) bond motifs is 1. The van der Waals surface area contributed by atoms with Gasteiger partial charge in [0, 0.05) is 45.2 Å². The molecule has 1 fully saturated rings. The largest absolute Gasteiger partial charge is 0.364 e. The van der Waals surface area contributed by atoms with Gasteiger partial charge in [0.1, 0.15) is 5.82 Å². The van der Waals surface area contributed by atoms with Gasteiger partial charge in [-0.05, 0) is 66.0 Å². The summed E-state index contributed by atoms with van der Waals surface area (Å²) in [5, 5.41) is 15.5. The van der Waals surface area contributed by atoms with Crippen LogP contribution in [0.3, 0.4) is 0 Å². The number of nitrogens with one attached hydrogen (secondary N) is 3. The zero-order valence-corrected chi connectivity index (χ0v) is 23.2. The van der Waals surface area contributed by atoms with Crippen molar-refractivity contribution in [1.82, 2.24) is 25.2 Å². The fourth-order valence-electron chi connectivity index (χ4n) is 4.77. The zero-order chi connectivity index (χ0) is 26.9. The normalized spacial score (nSPS) is 16.0. The molecule has 0 radical (unpaired) electrons. The number of pyridine rings is 1. The van der Waals surface area contributed by atoms with Gasteiger partial charge in [-0.25, -0.2) is 13.8 Å². The van der Waals surface area contributed by atoms with Crippen LogP contribution in [0, 0.1) is 5.82 Å². The Morgan fingerprint density at radius 1 is 1.18 bits per heavy atom. The van der Waals surface area contributed by atoms with Crippen LogP contribution in [0.5, 0.6) is 0 Å². The molecule has 0 saturated carbocycles. The van der Waals surface area contributed by atoms with E-state index in [0.717, 1.165) is 53.1 Å². The Morgan fingerprint density at radius 2 is 1.97 bits per heavy atom. The summed E-state index contributed by atoms with van der Waals surface area (Å²) in [6.45, 7) is 10.4. The summed E-state index contributed by atoms with van der Waals surface area (Å²) in [5.74, 6) is 0.185. The minimum absolute atomic E-state index is 0.0143. The van der Waals surface area contributed by atoms with Gasteiger partial charge in [-0.1, -0.05) is 45.0 Å². The van der Waals surface area contributed by atoms with Crippen LogP contribution in [-0.4, -0.2) is 46.2 Å². The summed E-state index contributed by atoms with van der Waals surface area (Å²) < 4.78 is 17.2. The van der Waals surface area contributed by atoms with Crippen molar-refractivity contribution in [3.63, 3.8) is 0 Å². The Hall–Kier alpha value is -3.35. The van der Waals surface area contributed by atoms with Crippen molar-refractivity contribution < 1.29 is 9.18 Å². The number of anilines is 1. The molecule has 3 heterocycles. The van der Waals surface area contributed by atoms with Crippen LogP contribution < -0.4 is 16.0 Å². The molecular formula is C29H34FN6OP. The number of rotatable bonds is 7. The predicted molar refractivity (Wildman–Crippen MR) is 154 cm³/mol. The molecule has 1 aliphatic heterocycles. The Morgan fingerprint density at radius 3 is 2.63 bits per heavy atom. The molecule has 1 amide bonds. The van der Waals surface area contributed by atoms with Gasteiger partial charge in [0.25, 0.3) is 5.91 Å². The molecule has 1 unspecified atom stereocenters. The average Bonchev–Trinajstić information content (AvgIpc) is 3.55. The van der Waals surface area contributed by atoms with Crippen molar-refractivity contribution in [2.24, 2.45) is 0 Å². The molecule has 1 saturated heterocycles. The standard InChI is InChI=1S/C29H34FN6OP/c1-29(2,3)21-9-7-18(8-10-21)28(37)33-16-20-6-5-19(15-24(20)30)23-12-14-32-27-25(23)26(35-36(27)38-4)34-22-11-13-31-17-22/h5-10,12,14-15,22,31,38H,11,13,16-17H2,1-4H3,(H,33,37)(H,34,35)/t22-/m1/s1. The summed E-state index contributed by atoms with van der Waals surface area (Å²) in [6.07, 6.45) is 2.77. The van der Waals surface area contributed by atoms with Gasteiger partial charge >= 0.3 is 0 Å². The van der Waals surface area contributed by atoms with Crippen LogP contribution in [0.2, 0.25) is 0 Å². The fraction of sp³-hybridized carbons (Fsp3) is 0.345. The second-order valence-corrected chi connectivity index (χ2v) is 11.6. The van der Waals surface area contributed by atoms with Gasteiger partial charge in [0.05, 0.1) is 5.39 Å². The molecule has 3 N–H and O–H groups in total. The molecule has 7 nitrogen and oxygen atoms in total. The van der Waals surface area contributed by atoms with E-state index in [-0.39, 0.29) is 23.7 Å². The van der Waals surface area contributed by atoms with Crippen molar-refractivity contribution in [2.45, 2.75) is 45.2 Å². The molecule has 2 aromatic heterocycles. The first-order valence-electron chi connectivity index (χ1n) is 12.9. The summed E-state index contributed by atoms with van der Waals surface area (Å²) in [4.78, 5) is 17.3. The lowest BCUT2D eigenvalue weighted by Gasteiger charge is -2.19. The molecule has 0 bridgehead atoms. The summed E-state index contributed by atoms with van der Waals surface area (Å²) in [5.41, 5.74) is 4.56. The molecule has 5 rings (SSSR count). The van der Waals surface area contributed by atoms with Crippen molar-refractivity contribution in [3.8, 4) is 11.1 Å². The third-order valence-electron chi connectivity index (χ3n) is 7.00. The molecule has 2 atom stereocenters. The van der Waals surface area contributed by atoms with Crippen molar-refractivity contribution in [3.05, 3.63) is 77.2 Å². The highest BCUT2D eigenvalue weighted by atomic mass is 31.1. The quantitative estimate of drug-likeness (QED) is 0.281. The Labute approximate surface area is 224 Å². The fourth-order valence-corrected chi connectivity index (χ4v) is 5.35. The van der Waals surface area contributed by atoms with Crippen molar-refractivity contribution in [1.29, 1.82) is 0 Å². The highest BCUT2D eigenvalue weighted by Gasteiger charge is 2.21. The number of nitrogens with zero attached hydrogens (tertiary/aromatic N) is 3. The van der Waals surface area contributed by atoms with Crippen LogP contribution in [0.15, 0.2) is 54.7 Å². The molecule has 9 heteroatoms. The van der Waals surface area contributed by atoms with Gasteiger partial charge < -0.3 is 16.0 Å². The number of aromatic nitrogens is 3. The van der Waals surface area contributed by atoms with E-state index in [0.29, 0.717) is 25.9 Å². The first-order chi connectivity index (χ1) is 18.2. The molecule has 0 aliphatic carbocycles. The van der Waals surface area contributed by atoms with E-state index in [9.17, 15) is 4.79 Å². The maximum Gasteiger partial charge on any atom is 0.251 e. The van der Waals surface area contributed by atoms with Crippen LogP contribution in [-0.2, 0) is 12.0 Å². The number of hydrogen-bond acceptors (Lipinski definition) is 5. The van der Waals surface area contributed by atoms with Gasteiger partial charge in [0.15, 0.2) is 11.5 Å². The summed E-state index contributed by atoms with van der Waals surface area (Å²) in [6, 6.07) is 14.9. The Balaban J connectivity index is 1.37. The van der Waals surface area contributed by atoms with Crippen molar-refractivity contribution in [2.75, 3.05) is 25.1 Å². The monoisotopic (exact) mass is 532 g/mol. The smallest absolute Gasteiger partial charge is 0.251 e. The SMILES string of the molecule is CPn1nc(N[C@@H]2CCNC2)c2c(-c3ccc(CNC(=O)c4ccc(C(C)(C)C)cc4)c(F)c3)ccnc21. The minimum atomic E-state index is -0.366. The van der Waals surface area contributed by atoms with Crippen LogP contribution in [0.1, 0.15) is 48.7 Å². The summed E-state index contributed by atoms with van der Waals surface area (Å²) in [7, 11) is 0.422. The number of carbonyl (C=O) groups excluding carboxylic acids is 1. The van der Waals surface area contributed by atoms with Crippen molar-refractivity contribution >= 4 is 31.5 Å². The summed E-state index contributed by atoms with van der Waals surface area (Å²) >= 11 is 0. The molecule has 38 heavy (non-hydrogen) atoms. The first kappa shape index (κ1) is 26.3. The zero-order valence-electron chi connectivity index (χ0n) is 22.2. The van der Waals surface area contributed by atoms with E-state index < -0.39 is 0 Å². The molecule has 1 aliphatic rings. The highest BCUT2D eigenvalue weighted by Crippen LogP contribution is 2.36. The third-order valence-corrected chi connectivity index (χ3v) is 7.73. The lowest BCUT2D eigenvalue weighted by Crippen LogP contribution is -2.23. The third kappa shape index (κ3) is 5.42. The molecular weight excluding hydrogens is 498 g/mol. The lowest BCUT2D eigenvalue weighted by molar-refractivity contribution is 0.0950. The molecule has 2 aromatic carbocycles. The van der Waals surface area contributed by atoms with E-state index >= 15 is 4.39 Å². The van der Waals surface area contributed by atoms with Crippen LogP contribution >= 0.6 is 8.73 Å². The van der Waals surface area contributed by atoms with Crippen LogP contribution in [0.4, 0.5) is 10.2 Å². The molecule has 0 spiro atoms. The topological polar surface area (TPSA) is 83.9 Å². The minimum Gasteiger partial charge on any atom is -0.364 e. The van der Waals surface area contributed by atoms with E-state index in [1.807, 2.05) is 40.9 Å². The lowest BCUT2D eigenvalue weighted by atomic mass is 9.87. The number of hydrogen-bond donors (Lipinski definition) is 3. The van der Waals surface area contributed by atoms with Crippen LogP contribution in [0.25, 0.3) is 22.2 Å². The second kappa shape index (κ2) is 10.8. The predicted octanol–water partition coefficient (Wildman–Crippen LogP) is 5.31. The van der Waals surface area contributed by atoms with E-state index in [1.54, 1.807) is 12.3 Å². The van der Waals surface area contributed by atoms with E-state index in [1.165, 1.54) is 6.07 Å². The average molecular weight is 533 g/mol. The number of benzene rings is 2. The van der Waals surface area contributed by atoms with E-state index in [2.05, 4.69) is 48.4 Å². The van der Waals surface area contributed by atoms with Gasteiger partial charge in [-0.15, -0.1) is 5.10 Å². The maximum atomic E-state index is 15.3. The van der Waals surface area contributed by atoms with Gasteiger partial charge in [-0.3, -0.25) is 4.79 Å². The highest BCUT2D eigenvalue weighted by molar-refractivity contribution is 7.35. The van der Waals surface area contributed by atoms with Gasteiger partial charge in [0.2, 0.25) is 0 Å². The maximum absolute atomic E-state index is 15.3. The number of halogens is 1. The van der Waals surface area contributed by atoms with E-state index in [4.69, 9.17) is 5.10 Å². The number of amides is 1. The van der Waals surface area contributed by atoms with Gasteiger partial charge in [-0.2, -0.15) is 0 Å². The Kier molecular flexibility index (Phi) is 7.46.